The second-order valence-corrected chi connectivity index (χ2v) is 3.84. The lowest BCUT2D eigenvalue weighted by atomic mass is 10.4. The van der Waals surface area contributed by atoms with Gasteiger partial charge < -0.3 is 9.30 Å². The third-order valence-corrected chi connectivity index (χ3v) is 2.76. The predicted octanol–water partition coefficient (Wildman–Crippen LogP) is 0.0856. The quantitative estimate of drug-likeness (QED) is 0.653. The van der Waals surface area contributed by atoms with Crippen molar-refractivity contribution in [1.82, 2.24) is 24.4 Å². The highest BCUT2D eigenvalue weighted by Gasteiger charge is 2.08. The van der Waals surface area contributed by atoms with Gasteiger partial charge in [-0.25, -0.2) is 4.52 Å². The van der Waals surface area contributed by atoms with E-state index in [1.54, 1.807) is 40.7 Å². The van der Waals surface area contributed by atoms with Gasteiger partial charge in [-0.2, -0.15) is 5.10 Å². The Morgan fingerprint density at radius 1 is 1.33 bits per heavy atom. The fourth-order valence-electron chi connectivity index (χ4n) is 1.84. The van der Waals surface area contributed by atoms with Crippen molar-refractivity contribution in [3.63, 3.8) is 0 Å². The van der Waals surface area contributed by atoms with Gasteiger partial charge in [-0.05, 0) is 6.07 Å². The number of nitrogens with zero attached hydrogens (tertiary/aromatic N) is 5. The van der Waals surface area contributed by atoms with E-state index in [9.17, 15) is 4.79 Å². The summed E-state index contributed by atoms with van der Waals surface area (Å²) in [5, 5.41) is 12.0. The summed E-state index contributed by atoms with van der Waals surface area (Å²) >= 11 is 0. The maximum absolute atomic E-state index is 12.2. The van der Waals surface area contributed by atoms with Gasteiger partial charge in [0.1, 0.15) is 5.52 Å². The Kier molecular flexibility index (Phi) is 2.52. The molecule has 7 heteroatoms. The number of hydrogen-bond acceptors (Lipinski definition) is 5. The molecule has 0 amide bonds. The van der Waals surface area contributed by atoms with Crippen LogP contribution in [0.4, 0.5) is 0 Å². The fourth-order valence-corrected chi connectivity index (χ4v) is 1.84. The van der Waals surface area contributed by atoms with E-state index in [0.29, 0.717) is 29.8 Å². The van der Waals surface area contributed by atoms with Gasteiger partial charge in [0.25, 0.3) is 5.56 Å². The number of pyridine rings is 1. The number of ether oxygens (including phenoxy) is 1. The highest BCUT2D eigenvalue weighted by molar-refractivity contribution is 5.74. The number of methoxy groups -OCH3 is 1. The second kappa shape index (κ2) is 4.19. The molecular formula is C11H11N5O2. The molecule has 18 heavy (non-hydrogen) atoms. The minimum Gasteiger partial charge on any atom is -0.383 e. The SMILES string of the molecule is COCCn1ccc2c(nnc3ccnn32)c1=O. The molecule has 3 rings (SSSR count). The summed E-state index contributed by atoms with van der Waals surface area (Å²) < 4.78 is 8.11. The van der Waals surface area contributed by atoms with Crippen LogP contribution in [0.5, 0.6) is 0 Å². The molecule has 0 bridgehead atoms. The number of hydrogen-bond donors (Lipinski definition) is 0. The van der Waals surface area contributed by atoms with Crippen LogP contribution >= 0.6 is 0 Å². The average Bonchev–Trinajstić information content (AvgIpc) is 2.86. The molecule has 0 unspecified atom stereocenters. The van der Waals surface area contributed by atoms with Crippen LogP contribution in [-0.4, -0.2) is 38.1 Å². The molecule has 0 saturated heterocycles. The van der Waals surface area contributed by atoms with Crippen molar-refractivity contribution >= 4 is 16.7 Å². The van der Waals surface area contributed by atoms with Gasteiger partial charge in [-0.1, -0.05) is 0 Å². The highest BCUT2D eigenvalue weighted by atomic mass is 16.5. The molecule has 92 valence electrons. The average molecular weight is 245 g/mol. The van der Waals surface area contributed by atoms with Crippen LogP contribution in [0.15, 0.2) is 29.3 Å². The van der Waals surface area contributed by atoms with Gasteiger partial charge in [-0.15, -0.1) is 10.2 Å². The zero-order chi connectivity index (χ0) is 12.5. The van der Waals surface area contributed by atoms with Gasteiger partial charge in [0.15, 0.2) is 11.2 Å². The molecule has 0 aliphatic rings. The Hall–Kier alpha value is -2.28. The number of rotatable bonds is 3. The van der Waals surface area contributed by atoms with Gasteiger partial charge in [0.05, 0.1) is 12.8 Å². The molecule has 0 N–H and O–H groups in total. The monoisotopic (exact) mass is 245 g/mol. The largest absolute Gasteiger partial charge is 0.383 e. The third kappa shape index (κ3) is 1.56. The van der Waals surface area contributed by atoms with Crippen LogP contribution in [-0.2, 0) is 11.3 Å². The summed E-state index contributed by atoms with van der Waals surface area (Å²) in [4.78, 5) is 12.2. The van der Waals surface area contributed by atoms with Crippen molar-refractivity contribution in [3.8, 4) is 0 Å². The van der Waals surface area contributed by atoms with Crippen LogP contribution in [0.3, 0.4) is 0 Å². The molecule has 0 saturated carbocycles. The Morgan fingerprint density at radius 2 is 2.22 bits per heavy atom. The first-order valence-electron chi connectivity index (χ1n) is 5.50. The van der Waals surface area contributed by atoms with E-state index in [1.165, 1.54) is 0 Å². The molecule has 0 aromatic carbocycles. The van der Waals surface area contributed by atoms with Crippen molar-refractivity contribution < 1.29 is 4.74 Å². The lowest BCUT2D eigenvalue weighted by Crippen LogP contribution is -2.23. The minimum absolute atomic E-state index is 0.186. The molecule has 0 aliphatic heterocycles. The van der Waals surface area contributed by atoms with E-state index in [0.717, 1.165) is 0 Å². The van der Waals surface area contributed by atoms with Gasteiger partial charge in [0.2, 0.25) is 0 Å². The first kappa shape index (κ1) is 10.8. The summed E-state index contributed by atoms with van der Waals surface area (Å²) in [6, 6.07) is 3.55. The first-order valence-corrected chi connectivity index (χ1v) is 5.50. The van der Waals surface area contributed by atoms with Crippen LogP contribution in [0, 0.1) is 0 Å². The smallest absolute Gasteiger partial charge is 0.280 e. The second-order valence-electron chi connectivity index (χ2n) is 3.84. The first-order chi connectivity index (χ1) is 8.81. The van der Waals surface area contributed by atoms with Crippen LogP contribution in [0.2, 0.25) is 0 Å². The summed E-state index contributed by atoms with van der Waals surface area (Å²) in [5.74, 6) is 0. The molecule has 7 nitrogen and oxygen atoms in total. The van der Waals surface area contributed by atoms with Crippen LogP contribution < -0.4 is 5.56 Å². The van der Waals surface area contributed by atoms with Gasteiger partial charge in [-0.3, -0.25) is 4.79 Å². The van der Waals surface area contributed by atoms with Gasteiger partial charge in [0, 0.05) is 25.9 Å². The molecule has 0 aliphatic carbocycles. The summed E-state index contributed by atoms with van der Waals surface area (Å²) in [6.07, 6.45) is 3.34. The van der Waals surface area contributed by atoms with Crippen LogP contribution in [0.25, 0.3) is 16.7 Å². The predicted molar refractivity (Wildman–Crippen MR) is 64.4 cm³/mol. The Balaban J connectivity index is 2.25. The molecule has 0 spiro atoms. The minimum atomic E-state index is -0.186. The van der Waals surface area contributed by atoms with Crippen molar-refractivity contribution in [2.45, 2.75) is 6.54 Å². The lowest BCUT2D eigenvalue weighted by Gasteiger charge is -2.06. The Bertz CT molecular complexity index is 761. The number of fused-ring (bicyclic) bond motifs is 3. The Labute approximate surface area is 102 Å². The van der Waals surface area contributed by atoms with E-state index >= 15 is 0 Å². The molecule has 0 fully saturated rings. The fraction of sp³-hybridized carbons (Fsp3) is 0.273. The van der Waals surface area contributed by atoms with E-state index in [1.807, 2.05) is 0 Å². The molecule has 0 radical (unpaired) electrons. The highest BCUT2D eigenvalue weighted by Crippen LogP contribution is 2.07. The summed E-state index contributed by atoms with van der Waals surface area (Å²) in [7, 11) is 1.60. The zero-order valence-corrected chi connectivity index (χ0v) is 9.78. The molecule has 0 atom stereocenters. The normalized spacial score (nSPS) is 11.4. The lowest BCUT2D eigenvalue weighted by molar-refractivity contribution is 0.186. The van der Waals surface area contributed by atoms with Crippen molar-refractivity contribution in [2.75, 3.05) is 13.7 Å². The maximum Gasteiger partial charge on any atom is 0.280 e. The van der Waals surface area contributed by atoms with Crippen molar-refractivity contribution in [1.29, 1.82) is 0 Å². The third-order valence-electron chi connectivity index (χ3n) is 2.76. The van der Waals surface area contributed by atoms with E-state index in [-0.39, 0.29) is 5.56 Å². The molecule has 3 heterocycles. The van der Waals surface area contributed by atoms with Crippen molar-refractivity contribution in [2.24, 2.45) is 0 Å². The topological polar surface area (TPSA) is 74.3 Å². The summed E-state index contributed by atoms with van der Waals surface area (Å²) in [5.41, 5.74) is 1.40. The van der Waals surface area contributed by atoms with Crippen molar-refractivity contribution in [3.05, 3.63) is 34.9 Å². The zero-order valence-electron chi connectivity index (χ0n) is 9.78. The molecular weight excluding hydrogens is 234 g/mol. The van der Waals surface area contributed by atoms with E-state index in [2.05, 4.69) is 15.3 Å². The van der Waals surface area contributed by atoms with Gasteiger partial charge >= 0.3 is 0 Å². The molecule has 3 aromatic heterocycles. The summed E-state index contributed by atoms with van der Waals surface area (Å²) in [6.45, 7) is 0.965. The van der Waals surface area contributed by atoms with Crippen LogP contribution in [0.1, 0.15) is 0 Å². The van der Waals surface area contributed by atoms with E-state index in [4.69, 9.17) is 4.74 Å². The molecule has 3 aromatic rings. The Morgan fingerprint density at radius 3 is 3.06 bits per heavy atom. The van der Waals surface area contributed by atoms with E-state index < -0.39 is 0 Å². The standard InChI is InChI=1S/C11H11N5O2/c1-18-7-6-15-5-3-8-10(11(15)17)14-13-9-2-4-12-16(8)9/h2-5H,6-7H2,1H3. The number of aromatic nitrogens is 5. The maximum atomic E-state index is 12.2.